The minimum Gasteiger partial charge on any atom is -0.387 e. The first-order valence-electron chi connectivity index (χ1n) is 2.62. The van der Waals surface area contributed by atoms with Crippen LogP contribution >= 0.6 is 22.6 Å². The Kier molecular flexibility index (Phi) is 2.27. The van der Waals surface area contributed by atoms with Crippen LogP contribution < -0.4 is 5.32 Å². The number of hydrogen-bond acceptors (Lipinski definition) is 2. The smallest absolute Gasteiger partial charge is 0.0545 e. The van der Waals surface area contributed by atoms with Crippen molar-refractivity contribution < 1.29 is 0 Å². The zero-order valence-corrected chi connectivity index (χ0v) is 7.21. The van der Waals surface area contributed by atoms with Crippen molar-refractivity contribution in [3.05, 3.63) is 22.0 Å². The fraction of sp³-hybridized carbons (Fsp3) is 0.167. The lowest BCUT2D eigenvalue weighted by Crippen LogP contribution is -1.90. The van der Waals surface area contributed by atoms with Gasteiger partial charge in [-0.05, 0) is 28.7 Å². The lowest BCUT2D eigenvalue weighted by Gasteiger charge is -1.99. The highest BCUT2D eigenvalue weighted by atomic mass is 127. The highest BCUT2D eigenvalue weighted by Crippen LogP contribution is 2.13. The molecule has 1 aromatic heterocycles. The maximum Gasteiger partial charge on any atom is 0.0545 e. The Bertz CT molecular complexity index is 200. The number of aromatic nitrogens is 1. The summed E-state index contributed by atoms with van der Waals surface area (Å²) in [5, 5.41) is 3.05. The average molecular weight is 234 g/mol. The molecule has 0 fully saturated rings. The Hall–Kier alpha value is -0.320. The summed E-state index contributed by atoms with van der Waals surface area (Å²) in [5.74, 6) is 0. The van der Waals surface area contributed by atoms with E-state index in [0.717, 1.165) is 9.26 Å². The monoisotopic (exact) mass is 234 g/mol. The molecule has 3 heteroatoms. The summed E-state index contributed by atoms with van der Waals surface area (Å²) in [6.45, 7) is 0. The molecule has 0 saturated carbocycles. The third kappa shape index (κ3) is 1.54. The van der Waals surface area contributed by atoms with Crippen LogP contribution in [0.3, 0.4) is 0 Å². The standard InChI is InChI=1S/C6H7IN2/c1-8-6-2-3-9-4-5(6)7/h2-4H,1H3,(H,8,9). The zero-order chi connectivity index (χ0) is 6.69. The normalized spacial score (nSPS) is 9.11. The largest absolute Gasteiger partial charge is 0.387 e. The highest BCUT2D eigenvalue weighted by molar-refractivity contribution is 14.1. The highest BCUT2D eigenvalue weighted by Gasteiger charge is 1.91. The van der Waals surface area contributed by atoms with Gasteiger partial charge in [-0.15, -0.1) is 0 Å². The van der Waals surface area contributed by atoms with Gasteiger partial charge in [-0.25, -0.2) is 0 Å². The fourth-order valence-electron chi connectivity index (χ4n) is 0.578. The maximum absolute atomic E-state index is 3.95. The fourth-order valence-corrected chi connectivity index (χ4v) is 1.19. The molecule has 0 aliphatic rings. The van der Waals surface area contributed by atoms with E-state index in [1.54, 1.807) is 6.20 Å². The van der Waals surface area contributed by atoms with Gasteiger partial charge in [-0.2, -0.15) is 0 Å². The van der Waals surface area contributed by atoms with Gasteiger partial charge in [0, 0.05) is 19.4 Å². The van der Waals surface area contributed by atoms with Crippen molar-refractivity contribution >= 4 is 28.3 Å². The molecule has 0 bridgehead atoms. The summed E-state index contributed by atoms with van der Waals surface area (Å²) < 4.78 is 1.15. The predicted octanol–water partition coefficient (Wildman–Crippen LogP) is 1.73. The number of pyridine rings is 1. The van der Waals surface area contributed by atoms with Crippen molar-refractivity contribution in [1.82, 2.24) is 4.98 Å². The molecule has 0 aromatic carbocycles. The van der Waals surface area contributed by atoms with Crippen molar-refractivity contribution in [3.8, 4) is 0 Å². The molecule has 0 saturated heterocycles. The summed E-state index contributed by atoms with van der Waals surface area (Å²) in [5.41, 5.74) is 1.13. The molecule has 1 N–H and O–H groups in total. The Labute approximate surface area is 67.8 Å². The van der Waals surface area contributed by atoms with Crippen LogP contribution in [-0.2, 0) is 0 Å². The van der Waals surface area contributed by atoms with Gasteiger partial charge < -0.3 is 5.32 Å². The van der Waals surface area contributed by atoms with Crippen LogP contribution in [0.25, 0.3) is 0 Å². The maximum atomic E-state index is 3.95. The number of rotatable bonds is 1. The molecule has 0 radical (unpaired) electrons. The molecule has 1 rings (SSSR count). The summed E-state index contributed by atoms with van der Waals surface area (Å²) in [6.07, 6.45) is 3.60. The van der Waals surface area contributed by atoms with Crippen LogP contribution in [0.15, 0.2) is 18.5 Å². The molecule has 1 aromatic rings. The van der Waals surface area contributed by atoms with E-state index < -0.39 is 0 Å². The molecule has 0 amide bonds. The molecule has 9 heavy (non-hydrogen) atoms. The second-order valence-corrected chi connectivity index (χ2v) is 2.77. The van der Waals surface area contributed by atoms with Crippen molar-refractivity contribution in [2.75, 3.05) is 12.4 Å². The topological polar surface area (TPSA) is 24.9 Å². The van der Waals surface area contributed by atoms with E-state index in [1.165, 1.54) is 0 Å². The SMILES string of the molecule is CNc1ccncc1I. The molecule has 1 heterocycles. The first kappa shape index (κ1) is 6.80. The van der Waals surface area contributed by atoms with Crippen molar-refractivity contribution in [3.63, 3.8) is 0 Å². The van der Waals surface area contributed by atoms with Crippen LogP contribution in [0.2, 0.25) is 0 Å². The lowest BCUT2D eigenvalue weighted by atomic mass is 10.4. The molecular formula is C6H7IN2. The molecule has 0 atom stereocenters. The number of anilines is 1. The summed E-state index contributed by atoms with van der Waals surface area (Å²) in [7, 11) is 1.90. The van der Waals surface area contributed by atoms with Gasteiger partial charge in [0.1, 0.15) is 0 Å². The molecule has 0 aliphatic carbocycles. The Balaban J connectivity index is 3.01. The van der Waals surface area contributed by atoms with Gasteiger partial charge in [-0.1, -0.05) is 0 Å². The van der Waals surface area contributed by atoms with Crippen molar-refractivity contribution in [2.45, 2.75) is 0 Å². The number of nitrogens with one attached hydrogen (secondary N) is 1. The van der Waals surface area contributed by atoms with Gasteiger partial charge in [0.25, 0.3) is 0 Å². The third-order valence-electron chi connectivity index (χ3n) is 1.04. The van der Waals surface area contributed by atoms with Crippen molar-refractivity contribution in [2.24, 2.45) is 0 Å². The van der Waals surface area contributed by atoms with E-state index in [2.05, 4.69) is 32.9 Å². The van der Waals surface area contributed by atoms with Gasteiger partial charge in [0.2, 0.25) is 0 Å². The number of hydrogen-bond donors (Lipinski definition) is 1. The van der Waals surface area contributed by atoms with Gasteiger partial charge in [-0.3, -0.25) is 4.98 Å². The molecule has 2 nitrogen and oxygen atoms in total. The van der Waals surface area contributed by atoms with E-state index in [4.69, 9.17) is 0 Å². The van der Waals surface area contributed by atoms with E-state index in [9.17, 15) is 0 Å². The van der Waals surface area contributed by atoms with Gasteiger partial charge in [0.05, 0.1) is 9.26 Å². The van der Waals surface area contributed by atoms with Crippen LogP contribution in [0.5, 0.6) is 0 Å². The number of halogens is 1. The quantitative estimate of drug-likeness (QED) is 0.748. The second-order valence-electron chi connectivity index (χ2n) is 1.61. The second kappa shape index (κ2) is 3.00. The first-order chi connectivity index (χ1) is 4.34. The summed E-state index contributed by atoms with van der Waals surface area (Å²) in [4.78, 5) is 3.95. The minimum absolute atomic E-state index is 1.13. The van der Waals surface area contributed by atoms with E-state index in [1.807, 2.05) is 19.3 Å². The van der Waals surface area contributed by atoms with E-state index >= 15 is 0 Å². The van der Waals surface area contributed by atoms with Crippen LogP contribution in [0.1, 0.15) is 0 Å². The first-order valence-corrected chi connectivity index (χ1v) is 3.69. The minimum atomic E-state index is 1.13. The zero-order valence-electron chi connectivity index (χ0n) is 5.06. The van der Waals surface area contributed by atoms with Crippen LogP contribution in [0, 0.1) is 3.57 Å². The van der Waals surface area contributed by atoms with Crippen LogP contribution in [0.4, 0.5) is 5.69 Å². The van der Waals surface area contributed by atoms with Crippen LogP contribution in [-0.4, -0.2) is 12.0 Å². The van der Waals surface area contributed by atoms with Gasteiger partial charge in [0.15, 0.2) is 0 Å². The third-order valence-corrected chi connectivity index (χ3v) is 1.90. The van der Waals surface area contributed by atoms with E-state index in [-0.39, 0.29) is 0 Å². The predicted molar refractivity (Wildman–Crippen MR) is 46.5 cm³/mol. The van der Waals surface area contributed by atoms with Crippen molar-refractivity contribution in [1.29, 1.82) is 0 Å². The molecule has 0 unspecified atom stereocenters. The summed E-state index contributed by atoms with van der Waals surface area (Å²) >= 11 is 2.24. The Morgan fingerprint density at radius 2 is 2.44 bits per heavy atom. The average Bonchev–Trinajstić information content (AvgIpc) is 1.89. The van der Waals surface area contributed by atoms with Gasteiger partial charge >= 0.3 is 0 Å². The lowest BCUT2D eigenvalue weighted by molar-refractivity contribution is 1.29. The summed E-state index contributed by atoms with van der Waals surface area (Å²) in [6, 6.07) is 1.95. The molecular weight excluding hydrogens is 227 g/mol. The van der Waals surface area contributed by atoms with E-state index in [0.29, 0.717) is 0 Å². The molecule has 0 spiro atoms. The molecule has 0 aliphatic heterocycles. The Morgan fingerprint density at radius 1 is 1.67 bits per heavy atom. The number of nitrogens with zero attached hydrogens (tertiary/aromatic N) is 1. The Morgan fingerprint density at radius 3 is 2.89 bits per heavy atom. The molecule has 48 valence electrons.